The van der Waals surface area contributed by atoms with E-state index in [2.05, 4.69) is 15.4 Å². The molecular weight excluding hydrogens is 348 g/mol. The van der Waals surface area contributed by atoms with Crippen LogP contribution in [0, 0.1) is 12.8 Å². The summed E-state index contributed by atoms with van der Waals surface area (Å²) in [6, 6.07) is 11.7. The quantitative estimate of drug-likeness (QED) is 0.571. The van der Waals surface area contributed by atoms with E-state index in [9.17, 15) is 4.79 Å². The molecule has 0 aliphatic heterocycles. The number of benzene rings is 1. The largest absolute Gasteiger partial charge is 0.454 e. The smallest absolute Gasteiger partial charge is 0.228 e. The van der Waals surface area contributed by atoms with Gasteiger partial charge in [0.05, 0.1) is 5.69 Å². The van der Waals surface area contributed by atoms with Crippen LogP contribution in [0.5, 0.6) is 0 Å². The third-order valence-electron chi connectivity index (χ3n) is 3.96. The van der Waals surface area contributed by atoms with Crippen molar-refractivity contribution in [3.8, 4) is 16.6 Å². The van der Waals surface area contributed by atoms with Crippen molar-refractivity contribution in [2.75, 3.05) is 5.32 Å². The Hall–Kier alpha value is -2.93. The van der Waals surface area contributed by atoms with Gasteiger partial charge in [0, 0.05) is 22.8 Å². The number of anilines is 1. The molecular formula is C19H18N4O2S. The summed E-state index contributed by atoms with van der Waals surface area (Å²) in [4.78, 5) is 16.7. The van der Waals surface area contributed by atoms with E-state index < -0.39 is 0 Å². The number of nitrogens with zero attached hydrogens (tertiary/aromatic N) is 3. The first-order valence-electron chi connectivity index (χ1n) is 8.33. The van der Waals surface area contributed by atoms with Gasteiger partial charge >= 0.3 is 0 Å². The van der Waals surface area contributed by atoms with Gasteiger partial charge in [-0.05, 0) is 19.1 Å². The normalized spacial score (nSPS) is 11.4. The van der Waals surface area contributed by atoms with Crippen LogP contribution in [-0.2, 0) is 4.79 Å². The van der Waals surface area contributed by atoms with Crippen LogP contribution in [0.4, 0.5) is 5.82 Å². The van der Waals surface area contributed by atoms with Crippen LogP contribution in [0.1, 0.15) is 19.5 Å². The Bertz CT molecular complexity index is 1060. The third-order valence-corrected chi connectivity index (χ3v) is 4.77. The van der Waals surface area contributed by atoms with Crippen LogP contribution in [0.15, 0.2) is 46.2 Å². The van der Waals surface area contributed by atoms with Gasteiger partial charge in [0.1, 0.15) is 17.1 Å². The zero-order chi connectivity index (χ0) is 18.3. The molecule has 3 aromatic heterocycles. The molecule has 7 heteroatoms. The lowest BCUT2D eigenvalue weighted by atomic mass is 10.2. The topological polar surface area (TPSA) is 73.0 Å². The molecule has 0 atom stereocenters. The number of fused-ring (bicyclic) bond motifs is 1. The number of carbonyl (C=O) groups is 1. The minimum absolute atomic E-state index is 0.0554. The van der Waals surface area contributed by atoms with E-state index in [1.807, 2.05) is 62.5 Å². The first kappa shape index (κ1) is 16.5. The first-order valence-corrected chi connectivity index (χ1v) is 9.21. The van der Waals surface area contributed by atoms with Crippen molar-refractivity contribution < 1.29 is 9.21 Å². The van der Waals surface area contributed by atoms with Gasteiger partial charge < -0.3 is 9.73 Å². The minimum atomic E-state index is -0.110. The Morgan fingerprint density at radius 1 is 1.27 bits per heavy atom. The highest BCUT2D eigenvalue weighted by molar-refractivity contribution is 7.12. The molecule has 0 bridgehead atoms. The van der Waals surface area contributed by atoms with Crippen molar-refractivity contribution in [2.45, 2.75) is 20.8 Å². The average molecular weight is 366 g/mol. The number of aromatic nitrogens is 3. The molecule has 0 unspecified atom stereocenters. The van der Waals surface area contributed by atoms with Gasteiger partial charge in [-0.15, -0.1) is 11.3 Å². The average Bonchev–Trinajstić information content (AvgIpc) is 3.31. The lowest BCUT2D eigenvalue weighted by molar-refractivity contribution is -0.118. The maximum Gasteiger partial charge on any atom is 0.228 e. The highest BCUT2D eigenvalue weighted by atomic mass is 32.1. The van der Waals surface area contributed by atoms with Gasteiger partial charge in [0.15, 0.2) is 5.76 Å². The highest BCUT2D eigenvalue weighted by Crippen LogP contribution is 2.30. The van der Waals surface area contributed by atoms with Crippen molar-refractivity contribution >= 4 is 34.0 Å². The van der Waals surface area contributed by atoms with Crippen LogP contribution in [-0.4, -0.2) is 20.7 Å². The second-order valence-electron chi connectivity index (χ2n) is 6.39. The number of aryl methyl sites for hydroxylation is 1. The summed E-state index contributed by atoms with van der Waals surface area (Å²) in [6.45, 7) is 5.59. The number of para-hydroxylation sites is 1. The predicted octanol–water partition coefficient (Wildman–Crippen LogP) is 4.64. The van der Waals surface area contributed by atoms with E-state index in [-0.39, 0.29) is 11.8 Å². The summed E-state index contributed by atoms with van der Waals surface area (Å²) in [7, 11) is 0. The standard InChI is InChI=1S/C19H18N4O2S/c1-11(2)18(24)21-17-8-12(3)22-23(17)19-20-14(10-26-19)16-9-13-6-4-5-7-15(13)25-16/h4-11H,1-3H3,(H,21,24). The van der Waals surface area contributed by atoms with E-state index in [1.54, 1.807) is 4.68 Å². The molecule has 0 fully saturated rings. The molecule has 0 spiro atoms. The molecule has 3 heterocycles. The summed E-state index contributed by atoms with van der Waals surface area (Å²) in [5.41, 5.74) is 2.39. The molecule has 0 radical (unpaired) electrons. The van der Waals surface area contributed by atoms with Crippen LogP contribution in [0.3, 0.4) is 0 Å². The highest BCUT2D eigenvalue weighted by Gasteiger charge is 2.17. The fourth-order valence-corrected chi connectivity index (χ4v) is 3.36. The molecule has 1 amide bonds. The molecule has 26 heavy (non-hydrogen) atoms. The molecule has 0 saturated carbocycles. The van der Waals surface area contributed by atoms with Crippen molar-refractivity contribution in [1.29, 1.82) is 0 Å². The van der Waals surface area contributed by atoms with Crippen LogP contribution >= 0.6 is 11.3 Å². The maximum absolute atomic E-state index is 12.0. The molecule has 4 aromatic rings. The van der Waals surface area contributed by atoms with E-state index in [1.165, 1.54) is 11.3 Å². The summed E-state index contributed by atoms with van der Waals surface area (Å²) < 4.78 is 7.54. The second kappa shape index (κ2) is 6.42. The molecule has 132 valence electrons. The molecule has 0 aliphatic rings. The van der Waals surface area contributed by atoms with E-state index in [0.717, 1.165) is 22.4 Å². The predicted molar refractivity (Wildman–Crippen MR) is 103 cm³/mol. The van der Waals surface area contributed by atoms with E-state index >= 15 is 0 Å². The van der Waals surface area contributed by atoms with Crippen LogP contribution < -0.4 is 5.32 Å². The number of amides is 1. The number of nitrogens with one attached hydrogen (secondary N) is 1. The van der Waals surface area contributed by atoms with Crippen molar-refractivity contribution in [3.63, 3.8) is 0 Å². The monoisotopic (exact) mass is 366 g/mol. The minimum Gasteiger partial charge on any atom is -0.454 e. The Kier molecular flexibility index (Phi) is 4.08. The number of carbonyl (C=O) groups excluding carboxylic acids is 1. The van der Waals surface area contributed by atoms with Gasteiger partial charge in [-0.1, -0.05) is 32.0 Å². The number of hydrogen-bond acceptors (Lipinski definition) is 5. The van der Waals surface area contributed by atoms with Crippen molar-refractivity contribution in [3.05, 3.63) is 47.5 Å². The van der Waals surface area contributed by atoms with Crippen molar-refractivity contribution in [1.82, 2.24) is 14.8 Å². The van der Waals surface area contributed by atoms with Crippen LogP contribution in [0.25, 0.3) is 27.6 Å². The molecule has 4 rings (SSSR count). The molecule has 1 N–H and O–H groups in total. The molecule has 6 nitrogen and oxygen atoms in total. The molecule has 1 aromatic carbocycles. The van der Waals surface area contributed by atoms with Gasteiger partial charge in [-0.3, -0.25) is 4.79 Å². The third kappa shape index (κ3) is 3.01. The Morgan fingerprint density at radius 2 is 2.08 bits per heavy atom. The zero-order valence-electron chi connectivity index (χ0n) is 14.7. The number of hydrogen-bond donors (Lipinski definition) is 1. The van der Waals surface area contributed by atoms with Crippen molar-refractivity contribution in [2.24, 2.45) is 5.92 Å². The van der Waals surface area contributed by atoms with E-state index in [4.69, 9.17) is 4.42 Å². The summed E-state index contributed by atoms with van der Waals surface area (Å²) in [5, 5.41) is 11.0. The number of rotatable bonds is 4. The summed E-state index contributed by atoms with van der Waals surface area (Å²) in [6.07, 6.45) is 0. The van der Waals surface area contributed by atoms with Gasteiger partial charge in [0.25, 0.3) is 0 Å². The Balaban J connectivity index is 1.69. The first-order chi connectivity index (χ1) is 12.5. The Labute approximate surface area is 154 Å². The molecule has 0 saturated heterocycles. The zero-order valence-corrected chi connectivity index (χ0v) is 15.5. The summed E-state index contributed by atoms with van der Waals surface area (Å²) >= 11 is 1.45. The maximum atomic E-state index is 12.0. The second-order valence-corrected chi connectivity index (χ2v) is 7.23. The number of furan rings is 1. The fourth-order valence-electron chi connectivity index (χ4n) is 2.59. The van der Waals surface area contributed by atoms with E-state index in [0.29, 0.717) is 16.7 Å². The summed E-state index contributed by atoms with van der Waals surface area (Å²) in [5.74, 6) is 1.17. The van der Waals surface area contributed by atoms with Crippen LogP contribution in [0.2, 0.25) is 0 Å². The number of thiazole rings is 1. The molecule has 0 aliphatic carbocycles. The van der Waals surface area contributed by atoms with Gasteiger partial charge in [-0.25, -0.2) is 4.98 Å². The van der Waals surface area contributed by atoms with Gasteiger partial charge in [0.2, 0.25) is 11.0 Å². The Morgan fingerprint density at radius 3 is 2.85 bits per heavy atom. The lowest BCUT2D eigenvalue weighted by Gasteiger charge is -2.08. The lowest BCUT2D eigenvalue weighted by Crippen LogP contribution is -2.19. The fraction of sp³-hybridized carbons (Fsp3) is 0.211. The SMILES string of the molecule is Cc1cc(NC(=O)C(C)C)n(-c2nc(-c3cc4ccccc4o3)cs2)n1. The van der Waals surface area contributed by atoms with Gasteiger partial charge in [-0.2, -0.15) is 9.78 Å².